The number of ether oxygens (including phenoxy) is 1. The molecule has 0 radical (unpaired) electrons. The van der Waals surface area contributed by atoms with E-state index in [2.05, 4.69) is 5.32 Å². The molecule has 1 aliphatic heterocycles. The van der Waals surface area contributed by atoms with E-state index >= 15 is 0 Å². The number of carboxylic acid groups (broad SMARTS) is 1. The summed E-state index contributed by atoms with van der Waals surface area (Å²) in [6, 6.07) is -0.817. The number of carboxylic acids is 1. The van der Waals surface area contributed by atoms with Gasteiger partial charge < -0.3 is 15.2 Å². The minimum absolute atomic E-state index is 0.276. The standard InChI is InChI=1S/C10H18N2O4/c1-2-3-6-16-10(15)12-5-4-11-7-8(12)9(13)14/h8,11H,2-7H2,1H3,(H,13,14)/t8-/m1/s1. The van der Waals surface area contributed by atoms with E-state index in [0.717, 1.165) is 12.8 Å². The maximum Gasteiger partial charge on any atom is 0.410 e. The zero-order chi connectivity index (χ0) is 12.0. The Labute approximate surface area is 94.6 Å². The lowest BCUT2D eigenvalue weighted by Crippen LogP contribution is -2.57. The minimum atomic E-state index is -1.00. The average Bonchev–Trinajstić information content (AvgIpc) is 2.29. The Kier molecular flexibility index (Phi) is 5.04. The smallest absolute Gasteiger partial charge is 0.410 e. The number of nitrogens with one attached hydrogen (secondary N) is 1. The molecule has 0 saturated carbocycles. The molecule has 0 spiro atoms. The molecule has 1 aliphatic rings. The molecule has 1 atom stereocenters. The van der Waals surface area contributed by atoms with E-state index in [9.17, 15) is 9.59 Å². The lowest BCUT2D eigenvalue weighted by atomic mass is 10.2. The van der Waals surface area contributed by atoms with Crippen molar-refractivity contribution in [2.45, 2.75) is 25.8 Å². The molecule has 92 valence electrons. The van der Waals surface area contributed by atoms with Crippen LogP contribution in [-0.2, 0) is 9.53 Å². The highest BCUT2D eigenvalue weighted by molar-refractivity contribution is 5.80. The van der Waals surface area contributed by atoms with Gasteiger partial charge in [0.05, 0.1) is 6.61 Å². The average molecular weight is 230 g/mol. The Morgan fingerprint density at radius 3 is 2.94 bits per heavy atom. The van der Waals surface area contributed by atoms with Gasteiger partial charge in [-0.25, -0.2) is 9.59 Å². The molecule has 2 N–H and O–H groups in total. The molecule has 0 unspecified atom stereocenters. The van der Waals surface area contributed by atoms with Crippen molar-refractivity contribution in [3.05, 3.63) is 0 Å². The number of hydrogen-bond acceptors (Lipinski definition) is 4. The molecule has 1 heterocycles. The van der Waals surface area contributed by atoms with E-state index in [1.165, 1.54) is 4.90 Å². The SMILES string of the molecule is CCCCOC(=O)N1CCNC[C@@H]1C(=O)O. The van der Waals surface area contributed by atoms with Crippen molar-refractivity contribution in [1.29, 1.82) is 0 Å². The Bertz CT molecular complexity index is 257. The van der Waals surface area contributed by atoms with Gasteiger partial charge in [0.1, 0.15) is 6.04 Å². The predicted octanol–water partition coefficient (Wildman–Crippen LogP) is 0.281. The quantitative estimate of drug-likeness (QED) is 0.678. The lowest BCUT2D eigenvalue weighted by Gasteiger charge is -2.32. The van der Waals surface area contributed by atoms with E-state index in [0.29, 0.717) is 19.7 Å². The second-order valence-electron chi connectivity index (χ2n) is 3.72. The summed E-state index contributed by atoms with van der Waals surface area (Å²) in [6.07, 6.45) is 1.22. The monoisotopic (exact) mass is 230 g/mol. The van der Waals surface area contributed by atoms with E-state index in [4.69, 9.17) is 9.84 Å². The number of carbonyl (C=O) groups excluding carboxylic acids is 1. The summed E-state index contributed by atoms with van der Waals surface area (Å²) >= 11 is 0. The number of piperazine rings is 1. The summed E-state index contributed by atoms with van der Waals surface area (Å²) in [5, 5.41) is 11.9. The fourth-order valence-corrected chi connectivity index (χ4v) is 1.53. The first-order chi connectivity index (χ1) is 7.66. The van der Waals surface area contributed by atoms with Crippen molar-refractivity contribution in [3.63, 3.8) is 0 Å². The molecule has 0 aromatic carbocycles. The van der Waals surface area contributed by atoms with Crippen molar-refractivity contribution in [1.82, 2.24) is 10.2 Å². The van der Waals surface area contributed by atoms with E-state index in [1.54, 1.807) is 0 Å². The summed E-state index contributed by atoms with van der Waals surface area (Å²) in [7, 11) is 0. The van der Waals surface area contributed by atoms with Crippen molar-refractivity contribution >= 4 is 12.1 Å². The van der Waals surface area contributed by atoms with Crippen LogP contribution in [0.3, 0.4) is 0 Å². The topological polar surface area (TPSA) is 78.9 Å². The predicted molar refractivity (Wildman–Crippen MR) is 57.3 cm³/mol. The number of hydrogen-bond donors (Lipinski definition) is 2. The number of aliphatic carboxylic acids is 1. The molecule has 1 amide bonds. The van der Waals surface area contributed by atoms with E-state index in [-0.39, 0.29) is 6.54 Å². The normalized spacial score (nSPS) is 20.6. The van der Waals surface area contributed by atoms with Gasteiger partial charge in [0.15, 0.2) is 0 Å². The summed E-state index contributed by atoms with van der Waals surface area (Å²) in [5.74, 6) is -1.00. The van der Waals surface area contributed by atoms with E-state index in [1.807, 2.05) is 6.92 Å². The number of rotatable bonds is 4. The third-order valence-corrected chi connectivity index (χ3v) is 2.49. The van der Waals surface area contributed by atoms with Gasteiger partial charge in [0.25, 0.3) is 0 Å². The highest BCUT2D eigenvalue weighted by Crippen LogP contribution is 2.06. The number of unbranched alkanes of at least 4 members (excludes halogenated alkanes) is 1. The van der Waals surface area contributed by atoms with E-state index < -0.39 is 18.1 Å². The largest absolute Gasteiger partial charge is 0.480 e. The molecule has 0 aromatic heterocycles. The number of nitrogens with zero attached hydrogens (tertiary/aromatic N) is 1. The Hall–Kier alpha value is -1.30. The van der Waals surface area contributed by atoms with Crippen LogP contribution < -0.4 is 5.32 Å². The maximum atomic E-state index is 11.6. The van der Waals surface area contributed by atoms with Crippen molar-refractivity contribution < 1.29 is 19.4 Å². The Morgan fingerprint density at radius 2 is 2.31 bits per heavy atom. The third kappa shape index (κ3) is 3.37. The van der Waals surface area contributed by atoms with Gasteiger partial charge in [-0.15, -0.1) is 0 Å². The molecule has 6 nitrogen and oxygen atoms in total. The number of carbonyl (C=O) groups is 2. The van der Waals surface area contributed by atoms with Crippen LogP contribution in [0.5, 0.6) is 0 Å². The minimum Gasteiger partial charge on any atom is -0.480 e. The summed E-state index contributed by atoms with van der Waals surface area (Å²) < 4.78 is 5.00. The Balaban J connectivity index is 2.47. The van der Waals surface area contributed by atoms with Gasteiger partial charge in [-0.05, 0) is 6.42 Å². The maximum absolute atomic E-state index is 11.6. The first-order valence-electron chi connectivity index (χ1n) is 5.53. The fraction of sp³-hybridized carbons (Fsp3) is 0.800. The molecular formula is C10H18N2O4. The van der Waals surface area contributed by atoms with Gasteiger partial charge in [-0.1, -0.05) is 13.3 Å². The first kappa shape index (κ1) is 12.8. The van der Waals surface area contributed by atoms with Crippen LogP contribution in [0, 0.1) is 0 Å². The van der Waals surface area contributed by atoms with Crippen molar-refractivity contribution in [2.75, 3.05) is 26.2 Å². The molecule has 6 heteroatoms. The number of amides is 1. The third-order valence-electron chi connectivity index (χ3n) is 2.49. The van der Waals surface area contributed by atoms with Crippen LogP contribution >= 0.6 is 0 Å². The molecular weight excluding hydrogens is 212 g/mol. The molecule has 0 aliphatic carbocycles. The van der Waals surface area contributed by atoms with Crippen LogP contribution in [0.25, 0.3) is 0 Å². The molecule has 16 heavy (non-hydrogen) atoms. The second-order valence-corrected chi connectivity index (χ2v) is 3.72. The lowest BCUT2D eigenvalue weighted by molar-refractivity contribution is -0.143. The van der Waals surface area contributed by atoms with Crippen molar-refractivity contribution in [3.8, 4) is 0 Å². The van der Waals surface area contributed by atoms with Gasteiger partial charge >= 0.3 is 12.1 Å². The molecule has 1 saturated heterocycles. The van der Waals surface area contributed by atoms with Gasteiger partial charge in [0, 0.05) is 19.6 Å². The second kappa shape index (κ2) is 6.32. The van der Waals surface area contributed by atoms with Gasteiger partial charge in [-0.3, -0.25) is 4.90 Å². The highest BCUT2D eigenvalue weighted by atomic mass is 16.6. The van der Waals surface area contributed by atoms with Gasteiger partial charge in [-0.2, -0.15) is 0 Å². The van der Waals surface area contributed by atoms with Crippen LogP contribution in [0.2, 0.25) is 0 Å². The zero-order valence-electron chi connectivity index (χ0n) is 9.44. The summed E-state index contributed by atoms with van der Waals surface area (Å²) in [5.41, 5.74) is 0. The summed E-state index contributed by atoms with van der Waals surface area (Å²) in [4.78, 5) is 23.8. The Morgan fingerprint density at radius 1 is 1.56 bits per heavy atom. The first-order valence-corrected chi connectivity index (χ1v) is 5.53. The molecule has 1 rings (SSSR count). The highest BCUT2D eigenvalue weighted by Gasteiger charge is 2.32. The van der Waals surface area contributed by atoms with Crippen LogP contribution in [0.15, 0.2) is 0 Å². The van der Waals surface area contributed by atoms with Gasteiger partial charge in [0.2, 0.25) is 0 Å². The molecule has 0 aromatic rings. The van der Waals surface area contributed by atoms with Crippen LogP contribution in [0.1, 0.15) is 19.8 Å². The molecule has 1 fully saturated rings. The van der Waals surface area contributed by atoms with Crippen LogP contribution in [-0.4, -0.2) is 54.4 Å². The van der Waals surface area contributed by atoms with Crippen molar-refractivity contribution in [2.24, 2.45) is 0 Å². The molecule has 0 bridgehead atoms. The van der Waals surface area contributed by atoms with Crippen LogP contribution in [0.4, 0.5) is 4.79 Å². The fourth-order valence-electron chi connectivity index (χ4n) is 1.53. The summed E-state index contributed by atoms with van der Waals surface area (Å²) in [6.45, 7) is 3.61. The zero-order valence-corrected chi connectivity index (χ0v) is 9.44.